The summed E-state index contributed by atoms with van der Waals surface area (Å²) in [5, 5.41) is 66.5. The van der Waals surface area contributed by atoms with E-state index in [0.717, 1.165) is 12.2 Å². The molecule has 5 rings (SSSR count). The summed E-state index contributed by atoms with van der Waals surface area (Å²) in [6.45, 7) is 8.08. The Balaban J connectivity index is 1.34. The molecule has 24 heteroatoms. The number of phenols is 2. The van der Waals surface area contributed by atoms with Gasteiger partial charge in [0.25, 0.3) is 0 Å². The van der Waals surface area contributed by atoms with Crippen molar-refractivity contribution in [1.82, 2.24) is 21.3 Å². The predicted molar refractivity (Wildman–Crippen MR) is 255 cm³/mol. The molecule has 0 bridgehead atoms. The Bertz CT molecular complexity index is 2610. The zero-order valence-electron chi connectivity index (χ0n) is 41.8. The number of benzene rings is 2. The van der Waals surface area contributed by atoms with Crippen LogP contribution in [0.25, 0.3) is 0 Å². The number of Topliss-reactive ketones (excluding diaryl/α,β-unsaturated/α-hetero) is 1. The molecule has 0 radical (unpaired) electrons. The number of aliphatic hydroxyl groups is 3. The summed E-state index contributed by atoms with van der Waals surface area (Å²) in [5.74, 6) is -11.7. The number of phenolic OH excluding ortho intramolecular Hbond substituents is 2. The number of nitrogens with one attached hydrogen (secondary N) is 4. The monoisotopic (exact) mass is 1040 g/mol. The number of rotatable bonds is 22. The number of esters is 1. The van der Waals surface area contributed by atoms with Crippen LogP contribution in [-0.2, 0) is 59.0 Å². The van der Waals surface area contributed by atoms with Gasteiger partial charge in [0.15, 0.2) is 23.6 Å². The third kappa shape index (κ3) is 13.0. The maximum atomic E-state index is 14.1. The molecule has 0 spiro atoms. The molecule has 74 heavy (non-hydrogen) atoms. The number of allylic oxidation sites excluding steroid dienone is 1. The number of hydrogen-bond donors (Lipinski definition) is 10. The molecule has 1 heterocycles. The van der Waals surface area contributed by atoms with Gasteiger partial charge in [0.2, 0.25) is 35.3 Å². The highest BCUT2D eigenvalue weighted by molar-refractivity contribution is 6.31. The second-order valence-electron chi connectivity index (χ2n) is 18.9. The van der Waals surface area contributed by atoms with Gasteiger partial charge in [-0.05, 0) is 45.3 Å². The molecule has 24 nitrogen and oxygen atoms in total. The van der Waals surface area contributed by atoms with E-state index >= 15 is 0 Å². The van der Waals surface area contributed by atoms with Crippen molar-refractivity contribution >= 4 is 58.6 Å². The highest BCUT2D eigenvalue weighted by atomic mass is 16.7. The fraction of sp³-hybridized carbons (Fsp3) is 0.520. The zero-order chi connectivity index (χ0) is 55.1. The average molecular weight is 1040 g/mol. The third-order valence-corrected chi connectivity index (χ3v) is 12.9. The van der Waals surface area contributed by atoms with Gasteiger partial charge in [-0.1, -0.05) is 32.9 Å². The van der Waals surface area contributed by atoms with Crippen LogP contribution in [0, 0.1) is 11.8 Å². The normalized spacial score (nSPS) is 22.7. The highest BCUT2D eigenvalue weighted by Gasteiger charge is 2.50. The summed E-state index contributed by atoms with van der Waals surface area (Å²) < 4.78 is 22.3. The first kappa shape index (κ1) is 57.8. The first-order chi connectivity index (χ1) is 34.8. The molecule has 10 atom stereocenters. The van der Waals surface area contributed by atoms with Crippen LogP contribution in [0.15, 0.2) is 30.4 Å². The number of fused-ring (bicyclic) bond motifs is 3. The van der Waals surface area contributed by atoms with Gasteiger partial charge in [0.1, 0.15) is 53.7 Å². The standard InChI is InChI=1S/C50H63N5O19/c1-8-72-35(60)13-12-25(57)15-22(4)46(66)52-23(5)47(67)54-30(16-34(51)59)49(69)55-29(14-21(2)3)48(68)53-28-17-36(73-24(6)41(28)61)74-32-19-50(70,33(58)20-56)18-27-38(32)45(65)40-39(43(27)63)42(62)26-10-9-11-31(71-7)37(26)44(40)64/h9-13,21-24,28-30,32,36,41,56,61,63,65,70H,8,14-20H2,1-7H3,(H2,51,59)(H,52,66)(H,53,68)(H,54,67)(H,55,69)/b13-12+/t22-,23+,24+,28+,29+,30+,32+,36+,41-,50+/m1/s1. The topological polar surface area (TPSA) is 383 Å². The largest absolute Gasteiger partial charge is 0.507 e. The minimum absolute atomic E-state index is 0.00188. The van der Waals surface area contributed by atoms with E-state index in [1.54, 1.807) is 20.8 Å². The first-order valence-corrected chi connectivity index (χ1v) is 23.9. The lowest BCUT2D eigenvalue weighted by molar-refractivity contribution is -0.249. The van der Waals surface area contributed by atoms with E-state index in [9.17, 15) is 73.5 Å². The van der Waals surface area contributed by atoms with Gasteiger partial charge in [0, 0.05) is 54.4 Å². The summed E-state index contributed by atoms with van der Waals surface area (Å²) in [6, 6.07) is -1.41. The third-order valence-electron chi connectivity index (χ3n) is 12.9. The van der Waals surface area contributed by atoms with E-state index in [4.69, 9.17) is 24.7 Å². The Labute approximate surface area is 424 Å². The molecule has 3 aliphatic rings. The smallest absolute Gasteiger partial charge is 0.330 e. The van der Waals surface area contributed by atoms with E-state index in [1.165, 1.54) is 46.1 Å². The van der Waals surface area contributed by atoms with Gasteiger partial charge in [-0.2, -0.15) is 0 Å². The van der Waals surface area contributed by atoms with E-state index in [1.807, 2.05) is 0 Å². The summed E-state index contributed by atoms with van der Waals surface area (Å²) >= 11 is 0. The molecule has 5 amide bonds. The number of amides is 5. The van der Waals surface area contributed by atoms with Gasteiger partial charge < -0.3 is 71.5 Å². The first-order valence-electron chi connectivity index (χ1n) is 23.9. The van der Waals surface area contributed by atoms with Crippen LogP contribution in [-0.4, -0.2) is 153 Å². The fourth-order valence-electron chi connectivity index (χ4n) is 9.06. The number of ether oxygens (including phenoxy) is 4. The number of hydrogen-bond acceptors (Lipinski definition) is 19. The van der Waals surface area contributed by atoms with Crippen molar-refractivity contribution in [3.63, 3.8) is 0 Å². The molecule has 402 valence electrons. The molecule has 2 aliphatic carbocycles. The molecule has 1 aliphatic heterocycles. The Morgan fingerprint density at radius 1 is 0.878 bits per heavy atom. The Kier molecular flexibility index (Phi) is 19.0. The molecule has 0 unspecified atom stereocenters. The van der Waals surface area contributed by atoms with Crippen LogP contribution < -0.4 is 31.7 Å². The fourth-order valence-corrected chi connectivity index (χ4v) is 9.06. The number of primary amides is 1. The molecule has 1 saturated heterocycles. The number of carbonyl (C=O) groups excluding carboxylic acids is 10. The van der Waals surface area contributed by atoms with Crippen LogP contribution in [0.2, 0.25) is 0 Å². The number of aliphatic hydroxyl groups excluding tert-OH is 2. The molecule has 11 N–H and O–H groups in total. The molecule has 2 aromatic rings. The lowest BCUT2D eigenvalue weighted by Crippen LogP contribution is -2.60. The van der Waals surface area contributed by atoms with Gasteiger partial charge in [0.05, 0.1) is 55.1 Å². The van der Waals surface area contributed by atoms with Gasteiger partial charge in [-0.25, -0.2) is 4.79 Å². The number of ketones is 4. The second kappa shape index (κ2) is 24.3. The minimum Gasteiger partial charge on any atom is -0.507 e. The average Bonchev–Trinajstić information content (AvgIpc) is 3.33. The van der Waals surface area contributed by atoms with Crippen molar-refractivity contribution in [2.24, 2.45) is 17.6 Å². The summed E-state index contributed by atoms with van der Waals surface area (Å²) in [6.07, 6.45) is -6.65. The van der Waals surface area contributed by atoms with Crippen LogP contribution in [0.4, 0.5) is 0 Å². The highest BCUT2D eigenvalue weighted by Crippen LogP contribution is 2.52. The second-order valence-corrected chi connectivity index (χ2v) is 18.9. The SMILES string of the molecule is CCOC(=O)/C=C/C(=O)C[C@@H](C)C(=O)N[C@@H](C)C(=O)N[C@@H](CC(N)=O)C(=O)N[C@@H](CC(C)C)C(=O)N[C@H]1C[C@H](O[C@H]2C[C@](O)(C(=O)CO)Cc3c(O)c4c(c(O)c32)C(=O)c2c(OC)cccc2C4=O)O[C@@H](C)[C@H]1O. The van der Waals surface area contributed by atoms with Gasteiger partial charge in [-0.3, -0.25) is 43.2 Å². The van der Waals surface area contributed by atoms with Crippen molar-refractivity contribution in [1.29, 1.82) is 0 Å². The lowest BCUT2D eigenvalue weighted by Gasteiger charge is -2.43. The van der Waals surface area contributed by atoms with Crippen LogP contribution >= 0.6 is 0 Å². The Morgan fingerprint density at radius 2 is 1.54 bits per heavy atom. The van der Waals surface area contributed by atoms with E-state index in [0.29, 0.717) is 0 Å². The maximum Gasteiger partial charge on any atom is 0.330 e. The zero-order valence-corrected chi connectivity index (χ0v) is 41.8. The number of carbonyl (C=O) groups is 10. The van der Waals surface area contributed by atoms with Gasteiger partial charge in [-0.15, -0.1) is 0 Å². The van der Waals surface area contributed by atoms with Crippen molar-refractivity contribution < 1.29 is 92.4 Å². The summed E-state index contributed by atoms with van der Waals surface area (Å²) in [5.41, 5.74) is 0.755. The Morgan fingerprint density at radius 3 is 2.16 bits per heavy atom. The van der Waals surface area contributed by atoms with E-state index in [2.05, 4.69) is 21.3 Å². The predicted octanol–water partition coefficient (Wildman–Crippen LogP) is -0.731. The molecule has 1 fully saturated rings. The lowest BCUT2D eigenvalue weighted by atomic mass is 9.72. The van der Waals surface area contributed by atoms with Crippen LogP contribution in [0.5, 0.6) is 17.2 Å². The molecular weight excluding hydrogens is 975 g/mol. The summed E-state index contributed by atoms with van der Waals surface area (Å²) in [4.78, 5) is 131. The quantitative estimate of drug-likeness (QED) is 0.0337. The van der Waals surface area contributed by atoms with Gasteiger partial charge >= 0.3 is 5.97 Å². The van der Waals surface area contributed by atoms with Crippen molar-refractivity contribution in [3.05, 3.63) is 63.7 Å². The van der Waals surface area contributed by atoms with Crippen molar-refractivity contribution in [2.45, 2.75) is 134 Å². The minimum atomic E-state index is -2.46. The summed E-state index contributed by atoms with van der Waals surface area (Å²) in [7, 11) is 1.27. The Hall–Kier alpha value is -7.12. The molecular formula is C50H63N5O19. The maximum absolute atomic E-state index is 14.1. The van der Waals surface area contributed by atoms with Crippen molar-refractivity contribution in [2.75, 3.05) is 20.3 Å². The number of methoxy groups -OCH3 is 1. The van der Waals surface area contributed by atoms with Crippen molar-refractivity contribution in [3.8, 4) is 17.2 Å². The van der Waals surface area contributed by atoms with E-state index < -0.39 is 167 Å². The number of nitrogens with two attached hydrogens (primary N) is 1. The molecule has 0 aromatic heterocycles. The molecule has 2 aromatic carbocycles. The van der Waals surface area contributed by atoms with Crippen LogP contribution in [0.1, 0.15) is 123 Å². The molecule has 0 saturated carbocycles. The van der Waals surface area contributed by atoms with E-state index in [-0.39, 0.29) is 59.8 Å². The van der Waals surface area contributed by atoms with Crippen LogP contribution in [0.3, 0.4) is 0 Å². The number of aromatic hydroxyl groups is 2.